The van der Waals surface area contributed by atoms with E-state index in [1.165, 1.54) is 44.0 Å². The van der Waals surface area contributed by atoms with E-state index in [0.29, 0.717) is 0 Å². The number of nitrogens with zero attached hydrogens (tertiary/aromatic N) is 2. The minimum atomic E-state index is 0. The van der Waals surface area contributed by atoms with Gasteiger partial charge in [-0.25, -0.2) is 0 Å². The number of hydrogen-bond acceptors (Lipinski definition) is 3. The fraction of sp³-hybridized carbons (Fsp3) is 0.321. The van der Waals surface area contributed by atoms with Gasteiger partial charge in [0.2, 0.25) is 0 Å². The predicted molar refractivity (Wildman–Crippen MR) is 238 cm³/mol. The largest absolute Gasteiger partial charge is 0.500 e. The van der Waals surface area contributed by atoms with Gasteiger partial charge in [-0.1, -0.05) is 146 Å². The van der Waals surface area contributed by atoms with E-state index >= 15 is 0 Å². The molecule has 0 aliphatic carbocycles. The molecule has 0 aliphatic rings. The Bertz CT molecular complexity index is 2680. The molecule has 3 heterocycles. The minimum Gasteiger partial charge on any atom is -0.500 e. The first-order valence-electron chi connectivity index (χ1n) is 20.0. The molecular formula is C53H56IrN2O-2. The third-order valence-corrected chi connectivity index (χ3v) is 10.3. The molecule has 0 fully saturated rings. The van der Waals surface area contributed by atoms with Crippen LogP contribution in [0.3, 0.4) is 0 Å². The molecule has 3 aromatic heterocycles. The summed E-state index contributed by atoms with van der Waals surface area (Å²) >= 11 is 0. The van der Waals surface area contributed by atoms with Gasteiger partial charge in [-0.15, -0.1) is 53.6 Å². The first-order chi connectivity index (χ1) is 26.4. The van der Waals surface area contributed by atoms with Crippen LogP contribution in [-0.4, -0.2) is 9.97 Å². The Morgan fingerprint density at radius 3 is 1.88 bits per heavy atom. The quantitative estimate of drug-likeness (QED) is 0.128. The average Bonchev–Trinajstić information content (AvgIpc) is 3.51. The molecule has 8 aromatic rings. The predicted octanol–water partition coefficient (Wildman–Crippen LogP) is 14.7. The third-order valence-electron chi connectivity index (χ3n) is 10.3. The molecule has 295 valence electrons. The Morgan fingerprint density at radius 2 is 1.18 bits per heavy atom. The van der Waals surface area contributed by atoms with Crippen molar-refractivity contribution >= 4 is 43.5 Å². The van der Waals surface area contributed by atoms with E-state index in [1.807, 2.05) is 18.3 Å². The maximum absolute atomic E-state index is 6.66. The number of aromatic nitrogens is 2. The summed E-state index contributed by atoms with van der Waals surface area (Å²) in [7, 11) is 0. The zero-order valence-electron chi connectivity index (χ0n) is 35.6. The number of rotatable bonds is 5. The number of fused-ring (bicyclic) bond motifs is 7. The van der Waals surface area contributed by atoms with Crippen LogP contribution in [0.4, 0.5) is 0 Å². The van der Waals surface area contributed by atoms with E-state index in [-0.39, 0.29) is 36.4 Å². The van der Waals surface area contributed by atoms with Crippen LogP contribution in [0.5, 0.6) is 0 Å². The number of hydrogen-bond donors (Lipinski definition) is 0. The van der Waals surface area contributed by atoms with Gasteiger partial charge in [0.1, 0.15) is 5.58 Å². The fourth-order valence-corrected chi connectivity index (χ4v) is 7.74. The van der Waals surface area contributed by atoms with Crippen LogP contribution >= 0.6 is 0 Å². The number of furan rings is 1. The summed E-state index contributed by atoms with van der Waals surface area (Å²) in [6.45, 7) is 24.8. The second-order valence-corrected chi connectivity index (χ2v) is 19.4. The Kier molecular flexibility index (Phi) is 12.0. The second-order valence-electron chi connectivity index (χ2n) is 19.4. The maximum Gasteiger partial charge on any atom is 0.129 e. The van der Waals surface area contributed by atoms with E-state index in [2.05, 4.69) is 173 Å². The number of aryl methyl sites for hydroxylation is 2. The Balaban J connectivity index is 0.000000203. The van der Waals surface area contributed by atoms with Crippen molar-refractivity contribution in [3.63, 3.8) is 0 Å². The SMILES string of the molecule is Cc1c[c-]c(-c2cc(CC(C)(C)C)c(CC(C)(C)C)cn2)cc1.Cc1cnc(-c2[c-]ccc3c2oc2c3ccc3ccc4ccccc4c32)cc1CC(C)(C)C.[Ir]. The van der Waals surface area contributed by atoms with Gasteiger partial charge in [0, 0.05) is 43.3 Å². The van der Waals surface area contributed by atoms with Crippen molar-refractivity contribution in [2.75, 3.05) is 0 Å². The van der Waals surface area contributed by atoms with Crippen LogP contribution in [0.25, 0.3) is 66.0 Å². The summed E-state index contributed by atoms with van der Waals surface area (Å²) in [6.07, 6.45) is 7.19. The van der Waals surface area contributed by atoms with Crippen LogP contribution in [0, 0.1) is 42.2 Å². The monoisotopic (exact) mass is 929 g/mol. The fourth-order valence-electron chi connectivity index (χ4n) is 7.74. The normalized spacial score (nSPS) is 12.2. The molecule has 4 heteroatoms. The Morgan fingerprint density at radius 1 is 0.561 bits per heavy atom. The first kappa shape index (κ1) is 42.0. The van der Waals surface area contributed by atoms with Crippen molar-refractivity contribution in [1.82, 2.24) is 9.97 Å². The van der Waals surface area contributed by atoms with Crippen molar-refractivity contribution in [2.24, 2.45) is 16.2 Å². The van der Waals surface area contributed by atoms with Gasteiger partial charge in [0.05, 0.1) is 5.58 Å². The Labute approximate surface area is 353 Å². The standard InChI is InChI=1S/C31H26NO.C22H30N.Ir/c1-19-18-32-27(16-22(19)17-31(2,3)4)26-11-7-10-24-25-15-14-21-13-12-20-8-5-6-9-23(20)28(21)30(25)33-29(24)26;1-16-8-10-17(11-9-16)20-12-18(13-21(2,3)4)19(15-23-20)14-22(5,6)7;/h5-10,12-16,18H,17H2,1-4H3;8-10,12,15H,13-14H2,1-7H3;/q2*-1;. The summed E-state index contributed by atoms with van der Waals surface area (Å²) < 4.78 is 6.66. The molecule has 0 bridgehead atoms. The van der Waals surface area contributed by atoms with Gasteiger partial charge in [-0.05, 0) is 86.7 Å². The molecule has 8 rings (SSSR count). The molecule has 0 saturated heterocycles. The average molecular weight is 929 g/mol. The molecule has 0 spiro atoms. The summed E-state index contributed by atoms with van der Waals surface area (Å²) in [5, 5.41) is 7.02. The molecular weight excluding hydrogens is 873 g/mol. The van der Waals surface area contributed by atoms with Gasteiger partial charge >= 0.3 is 0 Å². The summed E-state index contributed by atoms with van der Waals surface area (Å²) in [6, 6.07) is 38.9. The molecule has 0 atom stereocenters. The Hall–Kier alpha value is -4.63. The van der Waals surface area contributed by atoms with Crippen LogP contribution in [0.1, 0.15) is 90.1 Å². The topological polar surface area (TPSA) is 38.9 Å². The van der Waals surface area contributed by atoms with Crippen molar-refractivity contribution in [3.8, 4) is 22.5 Å². The summed E-state index contributed by atoms with van der Waals surface area (Å²) in [4.78, 5) is 9.50. The maximum atomic E-state index is 6.66. The van der Waals surface area contributed by atoms with Crippen molar-refractivity contribution in [2.45, 2.75) is 95.4 Å². The molecule has 0 aliphatic heterocycles. The van der Waals surface area contributed by atoms with Crippen LogP contribution in [-0.2, 0) is 39.4 Å². The van der Waals surface area contributed by atoms with Gasteiger partial charge < -0.3 is 14.4 Å². The van der Waals surface area contributed by atoms with E-state index in [0.717, 1.165) is 69.1 Å². The molecule has 1 radical (unpaired) electrons. The second kappa shape index (κ2) is 16.3. The van der Waals surface area contributed by atoms with Crippen LogP contribution in [0.15, 0.2) is 108 Å². The van der Waals surface area contributed by atoms with E-state index < -0.39 is 0 Å². The van der Waals surface area contributed by atoms with Gasteiger partial charge in [0.15, 0.2) is 0 Å². The molecule has 3 nitrogen and oxygen atoms in total. The van der Waals surface area contributed by atoms with E-state index in [4.69, 9.17) is 14.4 Å². The van der Waals surface area contributed by atoms with Crippen molar-refractivity contribution < 1.29 is 24.5 Å². The smallest absolute Gasteiger partial charge is 0.129 e. The minimum absolute atomic E-state index is 0. The van der Waals surface area contributed by atoms with Gasteiger partial charge in [-0.3, -0.25) is 0 Å². The number of benzene rings is 5. The molecule has 0 N–H and O–H groups in total. The van der Waals surface area contributed by atoms with Crippen LogP contribution in [0.2, 0.25) is 0 Å². The molecule has 0 saturated carbocycles. The zero-order chi connectivity index (χ0) is 40.0. The van der Waals surface area contributed by atoms with E-state index in [1.54, 1.807) is 0 Å². The first-order valence-corrected chi connectivity index (χ1v) is 20.0. The molecule has 57 heavy (non-hydrogen) atoms. The molecule has 0 amide bonds. The zero-order valence-corrected chi connectivity index (χ0v) is 38.0. The van der Waals surface area contributed by atoms with E-state index in [9.17, 15) is 0 Å². The molecule has 5 aromatic carbocycles. The number of pyridine rings is 2. The molecule has 0 unspecified atom stereocenters. The summed E-state index contributed by atoms with van der Waals surface area (Å²) in [5.41, 5.74) is 13.1. The van der Waals surface area contributed by atoms with Crippen LogP contribution < -0.4 is 0 Å². The van der Waals surface area contributed by atoms with Crippen molar-refractivity contribution in [1.29, 1.82) is 0 Å². The summed E-state index contributed by atoms with van der Waals surface area (Å²) in [5.74, 6) is 0. The van der Waals surface area contributed by atoms with Gasteiger partial charge in [-0.2, -0.15) is 0 Å². The third kappa shape index (κ3) is 9.74. The van der Waals surface area contributed by atoms with Gasteiger partial charge in [0.25, 0.3) is 0 Å². The van der Waals surface area contributed by atoms with Crippen molar-refractivity contribution in [3.05, 3.63) is 143 Å².